The molecule has 0 spiro atoms. The lowest BCUT2D eigenvalue weighted by molar-refractivity contribution is -0.543. The Labute approximate surface area is 102 Å². The Kier molecular flexibility index (Phi) is 3.07. The number of fused-ring (bicyclic) bond motifs is 1. The highest BCUT2D eigenvalue weighted by atomic mass is 19.4. The minimum atomic E-state index is -5.02. The van der Waals surface area contributed by atoms with E-state index in [1.807, 2.05) is 0 Å². The minimum absolute atomic E-state index is 0.292. The van der Waals surface area contributed by atoms with E-state index in [1.54, 1.807) is 0 Å². The van der Waals surface area contributed by atoms with Gasteiger partial charge in [0.15, 0.2) is 11.6 Å². The molecule has 0 aromatic heterocycles. The first-order chi connectivity index (χ1) is 8.70. The van der Waals surface area contributed by atoms with Crippen molar-refractivity contribution in [2.75, 3.05) is 0 Å². The van der Waals surface area contributed by atoms with Crippen LogP contribution in [0.1, 0.15) is 5.56 Å². The molecule has 1 aliphatic rings. The number of hydrogen-bond acceptors (Lipinski definition) is 3. The van der Waals surface area contributed by atoms with Crippen molar-refractivity contribution < 1.29 is 31.6 Å². The Morgan fingerprint density at radius 1 is 1.32 bits per heavy atom. The van der Waals surface area contributed by atoms with Crippen molar-refractivity contribution in [3.63, 3.8) is 0 Å². The molecule has 2 unspecified atom stereocenters. The summed E-state index contributed by atoms with van der Waals surface area (Å²) >= 11 is 0. The van der Waals surface area contributed by atoms with Crippen LogP contribution < -0.4 is 4.74 Å². The minimum Gasteiger partial charge on any atom is -0.470 e. The Balaban J connectivity index is 2.48. The molecule has 1 aromatic rings. The normalized spacial score (nSPS) is 22.6. The molecule has 0 fully saturated rings. The van der Waals surface area contributed by atoms with E-state index in [4.69, 9.17) is 0 Å². The van der Waals surface area contributed by atoms with Crippen LogP contribution in [0.25, 0.3) is 0 Å². The molecule has 0 aliphatic carbocycles. The van der Waals surface area contributed by atoms with Gasteiger partial charge < -0.3 is 4.74 Å². The van der Waals surface area contributed by atoms with Gasteiger partial charge in [0.05, 0.1) is 0 Å². The summed E-state index contributed by atoms with van der Waals surface area (Å²) in [6.07, 6.45) is -8.52. The molecular formula is C10H6F5NO3. The van der Waals surface area contributed by atoms with E-state index in [1.165, 1.54) is 0 Å². The van der Waals surface area contributed by atoms with Gasteiger partial charge in [-0.3, -0.25) is 10.1 Å². The zero-order valence-electron chi connectivity index (χ0n) is 9.08. The summed E-state index contributed by atoms with van der Waals surface area (Å²) in [4.78, 5) is 9.47. The van der Waals surface area contributed by atoms with E-state index in [0.717, 1.165) is 6.07 Å². The second-order valence-corrected chi connectivity index (χ2v) is 4.01. The average Bonchev–Trinajstić information content (AvgIpc) is 2.25. The predicted octanol–water partition coefficient (Wildman–Crippen LogP) is 2.48. The summed E-state index contributed by atoms with van der Waals surface area (Å²) in [5.41, 5.74) is -0.292. The van der Waals surface area contributed by atoms with Gasteiger partial charge in [0.1, 0.15) is 5.82 Å². The lowest BCUT2D eigenvalue weighted by Crippen LogP contribution is -2.51. The number of benzene rings is 1. The molecule has 2 atom stereocenters. The van der Waals surface area contributed by atoms with Crippen molar-refractivity contribution in [1.82, 2.24) is 0 Å². The fourth-order valence-corrected chi connectivity index (χ4v) is 1.91. The summed E-state index contributed by atoms with van der Waals surface area (Å²) in [7, 11) is 0. The Bertz CT molecular complexity index is 531. The van der Waals surface area contributed by atoms with E-state index in [0.29, 0.717) is 6.07 Å². The largest absolute Gasteiger partial charge is 0.470 e. The van der Waals surface area contributed by atoms with Crippen LogP contribution in [0.5, 0.6) is 5.75 Å². The highest BCUT2D eigenvalue weighted by Gasteiger charge is 2.55. The van der Waals surface area contributed by atoms with Gasteiger partial charge in [-0.15, -0.1) is 0 Å². The Morgan fingerprint density at radius 2 is 1.95 bits per heavy atom. The average molecular weight is 283 g/mol. The number of rotatable bonds is 1. The highest BCUT2D eigenvalue weighted by molar-refractivity contribution is 5.38. The van der Waals surface area contributed by atoms with E-state index in [-0.39, 0.29) is 5.56 Å². The van der Waals surface area contributed by atoms with Gasteiger partial charge in [-0.25, -0.2) is 8.78 Å². The molecule has 9 heteroatoms. The lowest BCUT2D eigenvalue weighted by Gasteiger charge is -2.29. The van der Waals surface area contributed by atoms with Crippen molar-refractivity contribution in [1.29, 1.82) is 0 Å². The molecule has 0 N–H and O–H groups in total. The number of ether oxygens (including phenoxy) is 1. The van der Waals surface area contributed by atoms with Crippen LogP contribution in [0.3, 0.4) is 0 Å². The van der Waals surface area contributed by atoms with Crippen LogP contribution >= 0.6 is 0 Å². The van der Waals surface area contributed by atoms with Crippen LogP contribution in [0.2, 0.25) is 0 Å². The fraction of sp³-hybridized carbons (Fsp3) is 0.400. The second-order valence-electron chi connectivity index (χ2n) is 4.01. The molecular weight excluding hydrogens is 277 g/mol. The van der Waals surface area contributed by atoms with Crippen molar-refractivity contribution in [2.45, 2.75) is 24.7 Å². The van der Waals surface area contributed by atoms with Crippen LogP contribution in [-0.2, 0) is 6.42 Å². The molecule has 0 amide bonds. The maximum atomic E-state index is 13.3. The smallest absolute Gasteiger partial charge is 0.432 e. The molecule has 2 rings (SSSR count). The maximum absolute atomic E-state index is 13.3. The van der Waals surface area contributed by atoms with Crippen LogP contribution in [0.4, 0.5) is 22.0 Å². The molecule has 19 heavy (non-hydrogen) atoms. The van der Waals surface area contributed by atoms with Gasteiger partial charge >= 0.3 is 6.18 Å². The molecule has 4 nitrogen and oxygen atoms in total. The molecule has 0 radical (unpaired) electrons. The molecule has 0 saturated heterocycles. The quantitative estimate of drug-likeness (QED) is 0.452. The van der Waals surface area contributed by atoms with Crippen molar-refractivity contribution in [3.05, 3.63) is 39.4 Å². The zero-order chi connectivity index (χ0) is 14.4. The fourth-order valence-electron chi connectivity index (χ4n) is 1.91. The first-order valence-electron chi connectivity index (χ1n) is 5.05. The third-order valence-corrected chi connectivity index (χ3v) is 2.70. The maximum Gasteiger partial charge on any atom is 0.432 e. The second kappa shape index (κ2) is 4.32. The zero-order valence-corrected chi connectivity index (χ0v) is 9.08. The molecule has 0 saturated carbocycles. The van der Waals surface area contributed by atoms with Gasteiger partial charge in [-0.2, -0.15) is 13.2 Å². The standard InChI is InChI=1S/C10H6F5NO3/c11-5-1-4-2-7(16(17)18)9(10(13,14)15)19-8(4)6(12)3-5/h1,3,7,9H,2H2. The van der Waals surface area contributed by atoms with Crippen molar-refractivity contribution in [3.8, 4) is 5.75 Å². The number of alkyl halides is 3. The number of halogens is 5. The lowest BCUT2D eigenvalue weighted by atomic mass is 9.97. The predicted molar refractivity (Wildman–Crippen MR) is 51.3 cm³/mol. The van der Waals surface area contributed by atoms with Gasteiger partial charge in [-0.1, -0.05) is 0 Å². The summed E-state index contributed by atoms with van der Waals surface area (Å²) in [6.45, 7) is 0. The van der Waals surface area contributed by atoms with Crippen molar-refractivity contribution >= 4 is 0 Å². The monoisotopic (exact) mass is 283 g/mol. The topological polar surface area (TPSA) is 52.4 Å². The van der Waals surface area contributed by atoms with Gasteiger partial charge in [-0.05, 0) is 6.07 Å². The SMILES string of the molecule is O=[N+]([O-])C1Cc2cc(F)cc(F)c2OC1C(F)(F)F. The molecule has 0 bridgehead atoms. The molecule has 1 aromatic carbocycles. The molecule has 1 heterocycles. The first-order valence-corrected chi connectivity index (χ1v) is 5.05. The van der Waals surface area contributed by atoms with Crippen LogP contribution in [-0.4, -0.2) is 23.2 Å². The third kappa shape index (κ3) is 2.45. The highest BCUT2D eigenvalue weighted by Crippen LogP contribution is 2.38. The number of nitrogens with zero attached hydrogens (tertiary/aromatic N) is 1. The Hall–Kier alpha value is -1.93. The van der Waals surface area contributed by atoms with Gasteiger partial charge in [0.2, 0.25) is 0 Å². The van der Waals surface area contributed by atoms with Crippen LogP contribution in [0.15, 0.2) is 12.1 Å². The van der Waals surface area contributed by atoms with Crippen molar-refractivity contribution in [2.24, 2.45) is 0 Å². The summed E-state index contributed by atoms with van der Waals surface area (Å²) < 4.78 is 68.5. The number of hydrogen-bond donors (Lipinski definition) is 0. The molecule has 104 valence electrons. The Morgan fingerprint density at radius 3 is 2.47 bits per heavy atom. The number of nitro groups is 1. The van der Waals surface area contributed by atoms with E-state index < -0.39 is 47.1 Å². The van der Waals surface area contributed by atoms with E-state index in [2.05, 4.69) is 4.74 Å². The third-order valence-electron chi connectivity index (χ3n) is 2.70. The summed E-state index contributed by atoms with van der Waals surface area (Å²) in [5, 5.41) is 10.6. The molecule has 1 aliphatic heterocycles. The van der Waals surface area contributed by atoms with E-state index in [9.17, 15) is 32.1 Å². The van der Waals surface area contributed by atoms with Gasteiger partial charge in [0.25, 0.3) is 12.1 Å². The first kappa shape index (κ1) is 13.5. The summed E-state index contributed by atoms with van der Waals surface area (Å²) in [5.74, 6) is -3.14. The van der Waals surface area contributed by atoms with E-state index >= 15 is 0 Å². The summed E-state index contributed by atoms with van der Waals surface area (Å²) in [6, 6.07) is -1.05. The van der Waals surface area contributed by atoms with Gasteiger partial charge in [0, 0.05) is 23.0 Å². The van der Waals surface area contributed by atoms with Crippen LogP contribution in [0, 0.1) is 21.7 Å².